The SMILES string of the molecule is O=C(NO)c1cn(Cc2ccccc2)c2ccccc2c1=O. The highest BCUT2D eigenvalue weighted by Crippen LogP contribution is 2.14. The molecule has 0 saturated carbocycles. The van der Waals surface area contributed by atoms with Crippen molar-refractivity contribution in [3.8, 4) is 0 Å². The number of nitrogens with zero attached hydrogens (tertiary/aromatic N) is 1. The number of amides is 1. The normalized spacial score (nSPS) is 10.6. The van der Waals surface area contributed by atoms with Crippen molar-refractivity contribution >= 4 is 16.8 Å². The Kier molecular flexibility index (Phi) is 3.72. The number of hydrogen-bond donors (Lipinski definition) is 2. The van der Waals surface area contributed by atoms with Crippen molar-refractivity contribution in [2.24, 2.45) is 0 Å². The molecule has 2 N–H and O–H groups in total. The average Bonchev–Trinajstić information content (AvgIpc) is 2.58. The van der Waals surface area contributed by atoms with Crippen LogP contribution in [0.5, 0.6) is 0 Å². The van der Waals surface area contributed by atoms with Gasteiger partial charge in [0.1, 0.15) is 5.56 Å². The molecule has 0 aliphatic heterocycles. The number of hydroxylamine groups is 1. The van der Waals surface area contributed by atoms with E-state index in [0.29, 0.717) is 11.9 Å². The van der Waals surface area contributed by atoms with Gasteiger partial charge in [0.2, 0.25) is 5.43 Å². The van der Waals surface area contributed by atoms with Gasteiger partial charge in [0, 0.05) is 18.1 Å². The first-order valence-electron chi connectivity index (χ1n) is 6.81. The lowest BCUT2D eigenvalue weighted by atomic mass is 10.1. The van der Waals surface area contributed by atoms with Gasteiger partial charge in [-0.2, -0.15) is 0 Å². The van der Waals surface area contributed by atoms with Crippen molar-refractivity contribution < 1.29 is 10.0 Å². The van der Waals surface area contributed by atoms with Gasteiger partial charge in [0.25, 0.3) is 5.91 Å². The molecule has 2 aromatic carbocycles. The molecule has 0 atom stereocenters. The fourth-order valence-electron chi connectivity index (χ4n) is 2.48. The van der Waals surface area contributed by atoms with Crippen LogP contribution >= 0.6 is 0 Å². The van der Waals surface area contributed by atoms with Crippen LogP contribution in [0.25, 0.3) is 10.9 Å². The number of nitrogens with one attached hydrogen (secondary N) is 1. The van der Waals surface area contributed by atoms with Gasteiger partial charge in [-0.1, -0.05) is 42.5 Å². The number of aromatic nitrogens is 1. The fraction of sp³-hybridized carbons (Fsp3) is 0.0588. The Morgan fingerprint density at radius 1 is 1.05 bits per heavy atom. The van der Waals surface area contributed by atoms with E-state index >= 15 is 0 Å². The zero-order valence-corrected chi connectivity index (χ0v) is 11.7. The summed E-state index contributed by atoms with van der Waals surface area (Å²) >= 11 is 0. The number of carbonyl (C=O) groups excluding carboxylic acids is 1. The Labute approximate surface area is 126 Å². The highest BCUT2D eigenvalue weighted by molar-refractivity contribution is 5.96. The highest BCUT2D eigenvalue weighted by atomic mass is 16.5. The largest absolute Gasteiger partial charge is 0.342 e. The molecule has 0 unspecified atom stereocenters. The molecule has 1 heterocycles. The summed E-state index contributed by atoms with van der Waals surface area (Å²) in [5, 5.41) is 9.26. The smallest absolute Gasteiger partial charge is 0.280 e. The lowest BCUT2D eigenvalue weighted by molar-refractivity contribution is 0.0704. The minimum atomic E-state index is -0.808. The van der Waals surface area contributed by atoms with E-state index in [1.165, 1.54) is 11.7 Å². The predicted molar refractivity (Wildman–Crippen MR) is 83.0 cm³/mol. The van der Waals surface area contributed by atoms with E-state index in [0.717, 1.165) is 11.1 Å². The second kappa shape index (κ2) is 5.83. The van der Waals surface area contributed by atoms with E-state index < -0.39 is 11.3 Å². The van der Waals surface area contributed by atoms with Crippen molar-refractivity contribution in [2.75, 3.05) is 0 Å². The zero-order valence-electron chi connectivity index (χ0n) is 11.7. The summed E-state index contributed by atoms with van der Waals surface area (Å²) in [7, 11) is 0. The van der Waals surface area contributed by atoms with Gasteiger partial charge < -0.3 is 4.57 Å². The predicted octanol–water partition coefficient (Wildman–Crippen LogP) is 2.17. The number of rotatable bonds is 3. The van der Waals surface area contributed by atoms with Crippen LogP contribution < -0.4 is 10.9 Å². The molecule has 0 aliphatic carbocycles. The summed E-state index contributed by atoms with van der Waals surface area (Å²) in [6.45, 7) is 0.521. The molecule has 1 amide bonds. The molecule has 0 bridgehead atoms. The molecule has 22 heavy (non-hydrogen) atoms. The summed E-state index contributed by atoms with van der Waals surface area (Å²) in [5.41, 5.74) is 2.83. The molecule has 0 fully saturated rings. The molecule has 0 radical (unpaired) electrons. The van der Waals surface area contributed by atoms with E-state index in [1.807, 2.05) is 47.0 Å². The van der Waals surface area contributed by atoms with Crippen molar-refractivity contribution in [3.63, 3.8) is 0 Å². The first kappa shape index (κ1) is 14.0. The number of pyridine rings is 1. The van der Waals surface area contributed by atoms with Crippen LogP contribution in [-0.4, -0.2) is 15.7 Å². The molecular weight excluding hydrogens is 280 g/mol. The van der Waals surface area contributed by atoms with Crippen LogP contribution in [0.15, 0.2) is 65.6 Å². The van der Waals surface area contributed by atoms with Crippen LogP contribution in [0.3, 0.4) is 0 Å². The summed E-state index contributed by atoms with van der Waals surface area (Å²) in [5.74, 6) is -0.808. The van der Waals surface area contributed by atoms with Crippen LogP contribution in [0, 0.1) is 0 Å². The first-order chi connectivity index (χ1) is 10.7. The van der Waals surface area contributed by atoms with Crippen molar-refractivity contribution in [1.29, 1.82) is 0 Å². The Hall–Kier alpha value is -2.92. The molecule has 3 aromatic rings. The second-order valence-corrected chi connectivity index (χ2v) is 4.94. The second-order valence-electron chi connectivity index (χ2n) is 4.94. The van der Waals surface area contributed by atoms with Gasteiger partial charge in [0.15, 0.2) is 0 Å². The molecule has 0 spiro atoms. The third-order valence-electron chi connectivity index (χ3n) is 3.53. The fourth-order valence-corrected chi connectivity index (χ4v) is 2.48. The molecule has 110 valence electrons. The third-order valence-corrected chi connectivity index (χ3v) is 3.53. The standard InChI is InChI=1S/C17H14N2O3/c20-16-13-8-4-5-9-15(13)19(11-14(16)17(21)18-22)10-12-6-2-1-3-7-12/h1-9,11,22H,10H2,(H,18,21). The number of carbonyl (C=O) groups is 1. The lowest BCUT2D eigenvalue weighted by Gasteiger charge is -2.13. The minimum Gasteiger partial charge on any atom is -0.342 e. The van der Waals surface area contributed by atoms with Crippen LogP contribution in [-0.2, 0) is 6.54 Å². The van der Waals surface area contributed by atoms with Crippen LogP contribution in [0.4, 0.5) is 0 Å². The van der Waals surface area contributed by atoms with Crippen LogP contribution in [0.1, 0.15) is 15.9 Å². The molecule has 3 rings (SSSR count). The number of para-hydroxylation sites is 1. The maximum Gasteiger partial charge on any atom is 0.280 e. The topological polar surface area (TPSA) is 71.3 Å². The van der Waals surface area contributed by atoms with Gasteiger partial charge in [0.05, 0.1) is 5.52 Å². The van der Waals surface area contributed by atoms with Crippen molar-refractivity contribution in [3.05, 3.63) is 82.1 Å². The van der Waals surface area contributed by atoms with Crippen molar-refractivity contribution in [1.82, 2.24) is 10.0 Å². The Bertz CT molecular complexity index is 885. The lowest BCUT2D eigenvalue weighted by Crippen LogP contribution is -2.27. The Balaban J connectivity index is 2.22. The Morgan fingerprint density at radius 2 is 1.73 bits per heavy atom. The van der Waals surface area contributed by atoms with E-state index in [-0.39, 0.29) is 5.56 Å². The quantitative estimate of drug-likeness (QED) is 0.574. The average molecular weight is 294 g/mol. The molecule has 5 nitrogen and oxygen atoms in total. The van der Waals surface area contributed by atoms with Gasteiger partial charge in [-0.05, 0) is 17.7 Å². The summed E-state index contributed by atoms with van der Waals surface area (Å²) in [4.78, 5) is 24.1. The van der Waals surface area contributed by atoms with Crippen molar-refractivity contribution in [2.45, 2.75) is 6.54 Å². The van der Waals surface area contributed by atoms with E-state index in [2.05, 4.69) is 0 Å². The van der Waals surface area contributed by atoms with Gasteiger partial charge in [-0.15, -0.1) is 0 Å². The number of fused-ring (bicyclic) bond motifs is 1. The number of hydrogen-bond acceptors (Lipinski definition) is 3. The van der Waals surface area contributed by atoms with E-state index in [4.69, 9.17) is 5.21 Å². The third kappa shape index (κ3) is 2.49. The molecular formula is C17H14N2O3. The van der Waals surface area contributed by atoms with Gasteiger partial charge in [-0.3, -0.25) is 14.8 Å². The minimum absolute atomic E-state index is 0.0860. The maximum atomic E-state index is 12.3. The summed E-state index contributed by atoms with van der Waals surface area (Å²) in [6.07, 6.45) is 1.48. The molecule has 5 heteroatoms. The molecule has 0 aliphatic rings. The first-order valence-corrected chi connectivity index (χ1v) is 6.81. The molecule has 1 aromatic heterocycles. The van der Waals surface area contributed by atoms with E-state index in [1.54, 1.807) is 12.1 Å². The molecule has 0 saturated heterocycles. The van der Waals surface area contributed by atoms with Gasteiger partial charge in [-0.25, -0.2) is 5.48 Å². The number of benzene rings is 2. The maximum absolute atomic E-state index is 12.3. The Morgan fingerprint density at radius 3 is 2.45 bits per heavy atom. The highest BCUT2D eigenvalue weighted by Gasteiger charge is 2.14. The van der Waals surface area contributed by atoms with E-state index in [9.17, 15) is 9.59 Å². The van der Waals surface area contributed by atoms with Gasteiger partial charge >= 0.3 is 0 Å². The summed E-state index contributed by atoms with van der Waals surface area (Å²) < 4.78 is 1.83. The zero-order chi connectivity index (χ0) is 15.5. The summed E-state index contributed by atoms with van der Waals surface area (Å²) in [6, 6.07) is 16.8. The monoisotopic (exact) mass is 294 g/mol. The van der Waals surface area contributed by atoms with Crippen LogP contribution in [0.2, 0.25) is 0 Å².